The Kier molecular flexibility index (Phi) is 2.56. The maximum absolute atomic E-state index is 12.1. The van der Waals surface area contributed by atoms with Crippen LogP contribution in [0, 0.1) is 5.41 Å². The quantitative estimate of drug-likeness (QED) is 0.856. The average Bonchev–Trinajstić information content (AvgIpc) is 3.23. The van der Waals surface area contributed by atoms with E-state index < -0.39 is 0 Å². The first kappa shape index (κ1) is 11.9. The lowest BCUT2D eigenvalue weighted by atomic mass is 9.96. The van der Waals surface area contributed by atoms with Crippen molar-refractivity contribution < 1.29 is 4.79 Å². The van der Waals surface area contributed by atoms with Gasteiger partial charge >= 0.3 is 0 Å². The van der Waals surface area contributed by atoms with E-state index in [0.29, 0.717) is 17.7 Å². The van der Waals surface area contributed by atoms with Crippen molar-refractivity contribution in [2.45, 2.75) is 25.7 Å². The van der Waals surface area contributed by atoms with Crippen LogP contribution in [0.5, 0.6) is 0 Å². The number of hydrogen-bond acceptors (Lipinski definition) is 2. The fourth-order valence-corrected chi connectivity index (χ4v) is 3.10. The van der Waals surface area contributed by atoms with Gasteiger partial charge in [0.15, 0.2) is 0 Å². The zero-order valence-electron chi connectivity index (χ0n) is 11.5. The molecule has 1 aromatic carbocycles. The number of fused-ring (bicyclic) bond motifs is 1. The molecule has 0 radical (unpaired) electrons. The SMILES string of the molecule is O=C(CCc1cnc2ccccc2c1)N1CC2(CC2)C1. The number of amides is 1. The van der Waals surface area contributed by atoms with Crippen LogP contribution in [0.1, 0.15) is 24.8 Å². The van der Waals surface area contributed by atoms with E-state index >= 15 is 0 Å². The van der Waals surface area contributed by atoms with Crippen molar-refractivity contribution in [3.8, 4) is 0 Å². The number of para-hydroxylation sites is 1. The smallest absolute Gasteiger partial charge is 0.222 e. The summed E-state index contributed by atoms with van der Waals surface area (Å²) in [5.41, 5.74) is 2.72. The van der Waals surface area contributed by atoms with Crippen molar-refractivity contribution in [1.82, 2.24) is 9.88 Å². The number of carbonyl (C=O) groups excluding carboxylic acids is 1. The van der Waals surface area contributed by atoms with Crippen LogP contribution in [0.25, 0.3) is 10.9 Å². The minimum atomic E-state index is 0.302. The second-order valence-corrected chi connectivity index (χ2v) is 6.29. The Bertz CT molecular complexity index is 667. The normalized spacial score (nSPS) is 19.1. The molecule has 1 aliphatic heterocycles. The number of carbonyl (C=O) groups is 1. The topological polar surface area (TPSA) is 33.2 Å². The number of nitrogens with zero attached hydrogens (tertiary/aromatic N) is 2. The highest BCUT2D eigenvalue weighted by Crippen LogP contribution is 2.52. The molecule has 20 heavy (non-hydrogen) atoms. The lowest BCUT2D eigenvalue weighted by Crippen LogP contribution is -2.51. The monoisotopic (exact) mass is 266 g/mol. The molecule has 2 aromatic rings. The van der Waals surface area contributed by atoms with E-state index in [1.807, 2.05) is 29.3 Å². The summed E-state index contributed by atoms with van der Waals surface area (Å²) in [6.45, 7) is 2.00. The first-order chi connectivity index (χ1) is 9.74. The minimum Gasteiger partial charge on any atom is -0.341 e. The van der Waals surface area contributed by atoms with Gasteiger partial charge in [-0.05, 0) is 37.0 Å². The summed E-state index contributed by atoms with van der Waals surface area (Å²) in [7, 11) is 0. The predicted molar refractivity (Wildman–Crippen MR) is 78.3 cm³/mol. The van der Waals surface area contributed by atoms with E-state index in [0.717, 1.165) is 36.0 Å². The molecule has 102 valence electrons. The molecule has 2 aliphatic rings. The molecule has 2 heterocycles. The molecule has 0 unspecified atom stereocenters. The number of rotatable bonds is 3. The van der Waals surface area contributed by atoms with Crippen molar-refractivity contribution >= 4 is 16.8 Å². The van der Waals surface area contributed by atoms with Crippen molar-refractivity contribution in [3.05, 3.63) is 42.1 Å². The predicted octanol–water partition coefficient (Wildman–Crippen LogP) is 2.79. The summed E-state index contributed by atoms with van der Waals surface area (Å²) in [6, 6.07) is 10.2. The van der Waals surface area contributed by atoms with Gasteiger partial charge in [-0.3, -0.25) is 9.78 Å². The lowest BCUT2D eigenvalue weighted by Gasteiger charge is -2.40. The molecule has 3 nitrogen and oxygen atoms in total. The largest absolute Gasteiger partial charge is 0.341 e. The third kappa shape index (κ3) is 2.07. The van der Waals surface area contributed by atoms with Crippen molar-refractivity contribution in [3.63, 3.8) is 0 Å². The molecular formula is C17H18N2O. The third-order valence-corrected chi connectivity index (χ3v) is 4.64. The second kappa shape index (κ2) is 4.30. The molecule has 1 amide bonds. The number of pyridine rings is 1. The first-order valence-corrected chi connectivity index (χ1v) is 7.36. The van der Waals surface area contributed by atoms with Crippen LogP contribution in [0.4, 0.5) is 0 Å². The van der Waals surface area contributed by atoms with E-state index in [4.69, 9.17) is 0 Å². The molecule has 1 aromatic heterocycles. The summed E-state index contributed by atoms with van der Waals surface area (Å²) in [6.07, 6.45) is 5.95. The average molecular weight is 266 g/mol. The van der Waals surface area contributed by atoms with Gasteiger partial charge in [0, 0.05) is 36.5 Å². The molecule has 0 atom stereocenters. The molecule has 3 heteroatoms. The second-order valence-electron chi connectivity index (χ2n) is 6.29. The van der Waals surface area contributed by atoms with E-state index in [-0.39, 0.29) is 0 Å². The molecule has 1 aliphatic carbocycles. The Balaban J connectivity index is 1.39. The Hall–Kier alpha value is -1.90. The van der Waals surface area contributed by atoms with E-state index in [2.05, 4.69) is 17.1 Å². The van der Waals surface area contributed by atoms with Gasteiger partial charge in [0.2, 0.25) is 5.91 Å². The van der Waals surface area contributed by atoms with Crippen molar-refractivity contribution in [1.29, 1.82) is 0 Å². The summed E-state index contributed by atoms with van der Waals surface area (Å²) < 4.78 is 0. The molecule has 4 rings (SSSR count). The van der Waals surface area contributed by atoms with Gasteiger partial charge in [-0.25, -0.2) is 0 Å². The highest BCUT2D eigenvalue weighted by Gasteiger charge is 2.53. The summed E-state index contributed by atoms with van der Waals surface area (Å²) in [4.78, 5) is 18.5. The standard InChI is InChI=1S/C17H18N2O/c20-16(19-11-17(12-19)7-8-17)6-5-13-9-14-3-1-2-4-15(14)18-10-13/h1-4,9-10H,5-8,11-12H2. The van der Waals surface area contributed by atoms with Gasteiger partial charge in [0.25, 0.3) is 0 Å². The summed E-state index contributed by atoms with van der Waals surface area (Å²) >= 11 is 0. The van der Waals surface area contributed by atoms with E-state index in [1.54, 1.807) is 0 Å². The maximum Gasteiger partial charge on any atom is 0.222 e. The van der Waals surface area contributed by atoms with Crippen LogP contribution < -0.4 is 0 Å². The zero-order chi connectivity index (χ0) is 13.6. The molecule has 0 bridgehead atoms. The lowest BCUT2D eigenvalue weighted by molar-refractivity contribution is -0.138. The number of benzene rings is 1. The van der Waals surface area contributed by atoms with Gasteiger partial charge < -0.3 is 4.90 Å². The van der Waals surface area contributed by atoms with Crippen LogP contribution >= 0.6 is 0 Å². The van der Waals surface area contributed by atoms with Crippen molar-refractivity contribution in [2.75, 3.05) is 13.1 Å². The molecular weight excluding hydrogens is 248 g/mol. The highest BCUT2D eigenvalue weighted by atomic mass is 16.2. The van der Waals surface area contributed by atoms with E-state index in [9.17, 15) is 4.79 Å². The Labute approximate surface area is 118 Å². The summed E-state index contributed by atoms with van der Waals surface area (Å²) in [5.74, 6) is 0.302. The number of aromatic nitrogens is 1. The van der Waals surface area contributed by atoms with Crippen LogP contribution in [-0.2, 0) is 11.2 Å². The molecule has 1 saturated carbocycles. The van der Waals surface area contributed by atoms with Crippen molar-refractivity contribution in [2.24, 2.45) is 5.41 Å². The summed E-state index contributed by atoms with van der Waals surface area (Å²) in [5, 5.41) is 1.15. The van der Waals surface area contributed by atoms with Gasteiger partial charge in [-0.1, -0.05) is 18.2 Å². The van der Waals surface area contributed by atoms with Crippen LogP contribution in [-0.4, -0.2) is 28.9 Å². The van der Waals surface area contributed by atoms with E-state index in [1.165, 1.54) is 12.8 Å². The zero-order valence-corrected chi connectivity index (χ0v) is 11.5. The van der Waals surface area contributed by atoms with Gasteiger partial charge in [0.05, 0.1) is 5.52 Å². The maximum atomic E-state index is 12.1. The molecule has 2 fully saturated rings. The van der Waals surface area contributed by atoms with Gasteiger partial charge in [-0.15, -0.1) is 0 Å². The minimum absolute atomic E-state index is 0.302. The molecule has 1 saturated heterocycles. The van der Waals surface area contributed by atoms with Crippen LogP contribution in [0.15, 0.2) is 36.5 Å². The third-order valence-electron chi connectivity index (χ3n) is 4.64. The number of hydrogen-bond donors (Lipinski definition) is 0. The Morgan fingerprint density at radius 3 is 2.85 bits per heavy atom. The molecule has 1 spiro atoms. The molecule has 0 N–H and O–H groups in total. The highest BCUT2D eigenvalue weighted by molar-refractivity contribution is 5.80. The Morgan fingerprint density at radius 1 is 1.25 bits per heavy atom. The number of likely N-dealkylation sites (tertiary alicyclic amines) is 1. The van der Waals surface area contributed by atoms with Crippen LogP contribution in [0.3, 0.4) is 0 Å². The fourth-order valence-electron chi connectivity index (χ4n) is 3.10. The number of aryl methyl sites for hydroxylation is 1. The van der Waals surface area contributed by atoms with Crippen LogP contribution in [0.2, 0.25) is 0 Å². The first-order valence-electron chi connectivity index (χ1n) is 7.36. The fraction of sp³-hybridized carbons (Fsp3) is 0.412. The Morgan fingerprint density at radius 2 is 2.05 bits per heavy atom. The van der Waals surface area contributed by atoms with Gasteiger partial charge in [-0.2, -0.15) is 0 Å². The van der Waals surface area contributed by atoms with Gasteiger partial charge in [0.1, 0.15) is 0 Å².